The molecule has 1 atom stereocenters. The zero-order chi connectivity index (χ0) is 15.8. The lowest BCUT2D eigenvalue weighted by molar-refractivity contribution is -0.122. The van der Waals surface area contributed by atoms with E-state index in [0.29, 0.717) is 12.6 Å². The highest BCUT2D eigenvalue weighted by molar-refractivity contribution is 5.85. The van der Waals surface area contributed by atoms with E-state index in [1.165, 1.54) is 5.56 Å². The summed E-state index contributed by atoms with van der Waals surface area (Å²) < 4.78 is 0. The number of hydrogen-bond donors (Lipinski definition) is 2. The monoisotopic (exact) mass is 363 g/mol. The average Bonchev–Trinajstić information content (AvgIpc) is 2.45. The van der Waals surface area contributed by atoms with Crippen molar-refractivity contribution in [3.63, 3.8) is 0 Å². The van der Waals surface area contributed by atoms with E-state index in [-0.39, 0.29) is 30.7 Å². The molecule has 0 aromatic heterocycles. The Labute approximate surface area is 153 Å². The molecule has 0 aliphatic heterocycles. The minimum absolute atomic E-state index is 0. The molecule has 1 amide bonds. The van der Waals surface area contributed by atoms with Gasteiger partial charge in [0.2, 0.25) is 5.91 Å². The number of halogens is 2. The Bertz CT molecular complexity index is 455. The molecule has 0 aliphatic carbocycles. The standard InChI is InChI=1S/C17H29N3O.2ClH/c1-5-7-16(18)17(21)19-11-14-8-6-9-15(10-14)12-20(4)13(2)3;;/h6,8-10,13,16H,5,7,11-12,18H2,1-4H3,(H,19,21);2*1H. The fraction of sp³-hybridized carbons (Fsp3) is 0.588. The van der Waals surface area contributed by atoms with Crippen LogP contribution >= 0.6 is 24.8 Å². The van der Waals surface area contributed by atoms with Crippen LogP contribution in [0.15, 0.2) is 24.3 Å². The summed E-state index contributed by atoms with van der Waals surface area (Å²) in [5.41, 5.74) is 8.17. The van der Waals surface area contributed by atoms with Gasteiger partial charge in [0.25, 0.3) is 0 Å². The second-order valence-electron chi connectivity index (χ2n) is 5.94. The number of carbonyl (C=O) groups is 1. The maximum absolute atomic E-state index is 11.8. The number of hydrogen-bond acceptors (Lipinski definition) is 3. The fourth-order valence-corrected chi connectivity index (χ4v) is 2.07. The van der Waals surface area contributed by atoms with Crippen molar-refractivity contribution in [1.82, 2.24) is 10.2 Å². The molecule has 4 nitrogen and oxygen atoms in total. The van der Waals surface area contributed by atoms with Crippen LogP contribution in [0, 0.1) is 0 Å². The van der Waals surface area contributed by atoms with Gasteiger partial charge in [-0.25, -0.2) is 0 Å². The van der Waals surface area contributed by atoms with Gasteiger partial charge >= 0.3 is 0 Å². The van der Waals surface area contributed by atoms with E-state index in [1.807, 2.05) is 19.1 Å². The third-order valence-electron chi connectivity index (χ3n) is 3.71. The molecule has 0 fully saturated rings. The summed E-state index contributed by atoms with van der Waals surface area (Å²) in [4.78, 5) is 14.1. The number of nitrogens with zero attached hydrogens (tertiary/aromatic N) is 1. The first-order chi connectivity index (χ1) is 9.93. The highest BCUT2D eigenvalue weighted by Crippen LogP contribution is 2.09. The minimum Gasteiger partial charge on any atom is -0.351 e. The molecule has 134 valence electrons. The van der Waals surface area contributed by atoms with Gasteiger partial charge in [0, 0.05) is 19.1 Å². The molecule has 6 heteroatoms. The molecule has 0 aliphatic rings. The zero-order valence-electron chi connectivity index (χ0n) is 14.5. The maximum atomic E-state index is 11.8. The summed E-state index contributed by atoms with van der Waals surface area (Å²) in [5.74, 6) is -0.0680. The zero-order valence-corrected chi connectivity index (χ0v) is 16.2. The molecule has 1 aromatic carbocycles. The van der Waals surface area contributed by atoms with Crippen molar-refractivity contribution in [2.45, 2.75) is 58.8 Å². The first-order valence-corrected chi connectivity index (χ1v) is 7.75. The Balaban J connectivity index is 0. The molecule has 0 saturated carbocycles. The molecular formula is C17H31Cl2N3O. The topological polar surface area (TPSA) is 58.4 Å². The summed E-state index contributed by atoms with van der Waals surface area (Å²) in [7, 11) is 2.11. The number of rotatable bonds is 8. The number of nitrogens with one attached hydrogen (secondary N) is 1. The first-order valence-electron chi connectivity index (χ1n) is 7.75. The number of amides is 1. The Morgan fingerprint density at radius 1 is 1.26 bits per heavy atom. The van der Waals surface area contributed by atoms with Gasteiger partial charge < -0.3 is 11.1 Å². The van der Waals surface area contributed by atoms with Crippen LogP contribution in [0.1, 0.15) is 44.7 Å². The minimum atomic E-state index is -0.398. The van der Waals surface area contributed by atoms with E-state index < -0.39 is 6.04 Å². The maximum Gasteiger partial charge on any atom is 0.237 e. The Morgan fingerprint density at radius 2 is 1.87 bits per heavy atom. The van der Waals surface area contributed by atoms with Crippen LogP contribution in [-0.4, -0.2) is 29.9 Å². The molecule has 1 unspecified atom stereocenters. The van der Waals surface area contributed by atoms with Gasteiger partial charge in [0.05, 0.1) is 6.04 Å². The van der Waals surface area contributed by atoms with Crippen molar-refractivity contribution in [2.75, 3.05) is 7.05 Å². The number of benzene rings is 1. The molecule has 0 heterocycles. The summed E-state index contributed by atoms with van der Waals surface area (Å²) in [6.07, 6.45) is 1.65. The van der Waals surface area contributed by atoms with Crippen molar-refractivity contribution in [1.29, 1.82) is 0 Å². The summed E-state index contributed by atoms with van der Waals surface area (Å²) in [6, 6.07) is 8.45. The fourth-order valence-electron chi connectivity index (χ4n) is 2.07. The van der Waals surface area contributed by atoms with Crippen molar-refractivity contribution in [3.05, 3.63) is 35.4 Å². The first kappa shape index (κ1) is 24.4. The summed E-state index contributed by atoms with van der Waals surface area (Å²) in [6.45, 7) is 7.84. The quantitative estimate of drug-likeness (QED) is 0.745. The van der Waals surface area contributed by atoms with Gasteiger partial charge in [0.1, 0.15) is 0 Å². The predicted molar refractivity (Wildman–Crippen MR) is 102 cm³/mol. The Hall–Kier alpha value is -0.810. The van der Waals surface area contributed by atoms with Crippen molar-refractivity contribution < 1.29 is 4.79 Å². The molecule has 0 radical (unpaired) electrons. The van der Waals surface area contributed by atoms with Gasteiger partial charge in [-0.15, -0.1) is 24.8 Å². The van der Waals surface area contributed by atoms with Gasteiger partial charge in [0.15, 0.2) is 0 Å². The Kier molecular flexibility index (Phi) is 13.4. The Morgan fingerprint density at radius 3 is 2.43 bits per heavy atom. The number of nitrogens with two attached hydrogens (primary N) is 1. The van der Waals surface area contributed by atoms with Crippen molar-refractivity contribution in [2.24, 2.45) is 5.73 Å². The van der Waals surface area contributed by atoms with Crippen LogP contribution in [0.3, 0.4) is 0 Å². The summed E-state index contributed by atoms with van der Waals surface area (Å²) in [5, 5.41) is 2.91. The normalized spacial score (nSPS) is 11.6. The van der Waals surface area contributed by atoms with Gasteiger partial charge in [-0.3, -0.25) is 9.69 Å². The van der Waals surface area contributed by atoms with Crippen molar-refractivity contribution in [3.8, 4) is 0 Å². The van der Waals surface area contributed by atoms with Crippen LogP contribution in [0.2, 0.25) is 0 Å². The highest BCUT2D eigenvalue weighted by Gasteiger charge is 2.11. The van der Waals surface area contributed by atoms with Gasteiger partial charge in [-0.2, -0.15) is 0 Å². The van der Waals surface area contributed by atoms with Crippen LogP contribution in [-0.2, 0) is 17.9 Å². The van der Waals surface area contributed by atoms with Crippen LogP contribution in [0.4, 0.5) is 0 Å². The average molecular weight is 364 g/mol. The van der Waals surface area contributed by atoms with E-state index in [4.69, 9.17) is 5.73 Å². The van der Waals surface area contributed by atoms with E-state index in [9.17, 15) is 4.79 Å². The van der Waals surface area contributed by atoms with Gasteiger partial charge in [-0.1, -0.05) is 37.6 Å². The molecule has 1 rings (SSSR count). The third kappa shape index (κ3) is 9.16. The molecule has 23 heavy (non-hydrogen) atoms. The van der Waals surface area contributed by atoms with E-state index >= 15 is 0 Å². The van der Waals surface area contributed by atoms with E-state index in [0.717, 1.165) is 24.9 Å². The lowest BCUT2D eigenvalue weighted by Gasteiger charge is -2.21. The second-order valence-corrected chi connectivity index (χ2v) is 5.94. The highest BCUT2D eigenvalue weighted by atomic mass is 35.5. The SMILES string of the molecule is CCCC(N)C(=O)NCc1cccc(CN(C)C(C)C)c1.Cl.Cl. The van der Waals surface area contributed by atoms with Crippen LogP contribution in [0.25, 0.3) is 0 Å². The molecule has 3 N–H and O–H groups in total. The molecule has 0 saturated heterocycles. The molecular weight excluding hydrogens is 333 g/mol. The summed E-state index contributed by atoms with van der Waals surface area (Å²) >= 11 is 0. The lowest BCUT2D eigenvalue weighted by Crippen LogP contribution is -2.40. The van der Waals surface area contributed by atoms with Crippen molar-refractivity contribution >= 4 is 30.7 Å². The lowest BCUT2D eigenvalue weighted by atomic mass is 10.1. The second kappa shape index (κ2) is 12.6. The van der Waals surface area contributed by atoms with Crippen LogP contribution < -0.4 is 11.1 Å². The predicted octanol–water partition coefficient (Wildman–Crippen LogP) is 3.11. The number of carbonyl (C=O) groups excluding carboxylic acids is 1. The molecule has 0 spiro atoms. The van der Waals surface area contributed by atoms with Gasteiger partial charge in [-0.05, 0) is 38.4 Å². The van der Waals surface area contributed by atoms with Crippen LogP contribution in [0.5, 0.6) is 0 Å². The molecule has 1 aromatic rings. The molecule has 0 bridgehead atoms. The largest absolute Gasteiger partial charge is 0.351 e. The smallest absolute Gasteiger partial charge is 0.237 e. The van der Waals surface area contributed by atoms with E-state index in [2.05, 4.69) is 43.2 Å². The van der Waals surface area contributed by atoms with E-state index in [1.54, 1.807) is 0 Å². The third-order valence-corrected chi connectivity index (χ3v) is 3.71.